The van der Waals surface area contributed by atoms with E-state index in [2.05, 4.69) is 40.1 Å². The largest absolute Gasteiger partial charge is 0.342 e. The Morgan fingerprint density at radius 2 is 1.33 bits per heavy atom. The van der Waals surface area contributed by atoms with E-state index in [0.717, 1.165) is 71.1 Å². The van der Waals surface area contributed by atoms with E-state index in [4.69, 9.17) is 0 Å². The first-order valence-electron chi connectivity index (χ1n) is 13.7. The SMILES string of the molecule is O=C(c1ccccc1F)N1CCC(N2CCC(C(=O)N3CCC(Cc4ccccc4)CC3)CC2)CC1. The van der Waals surface area contributed by atoms with Gasteiger partial charge in [0.1, 0.15) is 5.82 Å². The Kier molecular flexibility index (Phi) is 8.00. The van der Waals surface area contributed by atoms with Crippen LogP contribution in [-0.4, -0.2) is 71.8 Å². The van der Waals surface area contributed by atoms with E-state index in [0.29, 0.717) is 31.0 Å². The minimum atomic E-state index is -0.447. The standard InChI is InChI=1S/C30H38FN3O2/c31-28-9-5-4-8-27(28)30(36)34-20-14-26(15-21-34)32-18-12-25(13-19-32)29(35)33-16-10-24(11-17-33)22-23-6-2-1-3-7-23/h1-9,24-26H,10-22H2. The monoisotopic (exact) mass is 491 g/mol. The third-order valence-corrected chi connectivity index (χ3v) is 8.54. The average molecular weight is 492 g/mol. The van der Waals surface area contributed by atoms with Gasteiger partial charge in [-0.05, 0) is 81.6 Å². The highest BCUT2D eigenvalue weighted by atomic mass is 19.1. The van der Waals surface area contributed by atoms with Crippen LogP contribution in [0.25, 0.3) is 0 Å². The molecule has 2 amide bonds. The van der Waals surface area contributed by atoms with E-state index in [1.807, 2.05) is 0 Å². The van der Waals surface area contributed by atoms with Gasteiger partial charge in [0.25, 0.3) is 5.91 Å². The van der Waals surface area contributed by atoms with Crippen molar-refractivity contribution in [3.63, 3.8) is 0 Å². The number of benzene rings is 2. The van der Waals surface area contributed by atoms with Crippen molar-refractivity contribution in [2.24, 2.45) is 11.8 Å². The molecule has 0 N–H and O–H groups in total. The molecule has 0 atom stereocenters. The lowest BCUT2D eigenvalue weighted by Crippen LogP contribution is -2.51. The number of amides is 2. The zero-order valence-corrected chi connectivity index (χ0v) is 21.2. The van der Waals surface area contributed by atoms with Crippen molar-refractivity contribution >= 4 is 11.8 Å². The van der Waals surface area contributed by atoms with Gasteiger partial charge in [-0.15, -0.1) is 0 Å². The summed E-state index contributed by atoms with van der Waals surface area (Å²) < 4.78 is 14.0. The molecule has 36 heavy (non-hydrogen) atoms. The number of hydrogen-bond acceptors (Lipinski definition) is 3. The lowest BCUT2D eigenvalue weighted by molar-refractivity contribution is -0.138. The summed E-state index contributed by atoms with van der Waals surface area (Å²) in [4.78, 5) is 32.3. The number of carbonyl (C=O) groups is 2. The first kappa shape index (κ1) is 24.9. The molecule has 3 aliphatic rings. The van der Waals surface area contributed by atoms with Gasteiger partial charge in [0.05, 0.1) is 5.56 Å². The molecule has 2 aromatic rings. The summed E-state index contributed by atoms with van der Waals surface area (Å²) in [7, 11) is 0. The fourth-order valence-corrected chi connectivity index (χ4v) is 6.31. The fraction of sp³-hybridized carbons (Fsp3) is 0.533. The van der Waals surface area contributed by atoms with Crippen molar-refractivity contribution in [1.82, 2.24) is 14.7 Å². The number of likely N-dealkylation sites (tertiary alicyclic amines) is 3. The highest BCUT2D eigenvalue weighted by Gasteiger charge is 2.34. The van der Waals surface area contributed by atoms with Crippen molar-refractivity contribution < 1.29 is 14.0 Å². The van der Waals surface area contributed by atoms with E-state index >= 15 is 0 Å². The molecule has 0 unspecified atom stereocenters. The molecule has 0 saturated carbocycles. The summed E-state index contributed by atoms with van der Waals surface area (Å²) in [6.07, 6.45) is 7.00. The van der Waals surface area contributed by atoms with Crippen LogP contribution in [-0.2, 0) is 11.2 Å². The molecular weight excluding hydrogens is 453 g/mol. The molecule has 0 aromatic heterocycles. The minimum Gasteiger partial charge on any atom is -0.342 e. The van der Waals surface area contributed by atoms with Gasteiger partial charge in [-0.2, -0.15) is 0 Å². The van der Waals surface area contributed by atoms with Crippen molar-refractivity contribution in [2.75, 3.05) is 39.3 Å². The summed E-state index contributed by atoms with van der Waals surface area (Å²) in [5.74, 6) is 0.530. The molecular formula is C30H38FN3O2. The second kappa shape index (κ2) is 11.5. The van der Waals surface area contributed by atoms with Crippen LogP contribution in [0.2, 0.25) is 0 Å². The molecule has 3 aliphatic heterocycles. The normalized spacial score (nSPS) is 21.0. The third kappa shape index (κ3) is 5.80. The van der Waals surface area contributed by atoms with Crippen LogP contribution in [0.4, 0.5) is 4.39 Å². The molecule has 5 nitrogen and oxygen atoms in total. The molecule has 5 rings (SSSR count). The Bertz CT molecular complexity index is 1020. The van der Waals surface area contributed by atoms with E-state index < -0.39 is 5.82 Å². The summed E-state index contributed by atoms with van der Waals surface area (Å²) in [6, 6.07) is 17.4. The Morgan fingerprint density at radius 3 is 2.00 bits per heavy atom. The molecule has 192 valence electrons. The molecule has 2 aromatic carbocycles. The highest BCUT2D eigenvalue weighted by molar-refractivity contribution is 5.94. The molecule has 3 heterocycles. The van der Waals surface area contributed by atoms with Crippen molar-refractivity contribution in [3.8, 4) is 0 Å². The topological polar surface area (TPSA) is 43.9 Å². The number of piperidine rings is 3. The predicted molar refractivity (Wildman–Crippen MR) is 139 cm³/mol. The predicted octanol–water partition coefficient (Wildman–Crippen LogP) is 4.62. The third-order valence-electron chi connectivity index (χ3n) is 8.54. The second-order valence-electron chi connectivity index (χ2n) is 10.8. The maximum Gasteiger partial charge on any atom is 0.256 e. The van der Waals surface area contributed by atoms with E-state index in [1.54, 1.807) is 23.1 Å². The molecule has 3 saturated heterocycles. The van der Waals surface area contributed by atoms with Crippen molar-refractivity contribution in [1.29, 1.82) is 0 Å². The Morgan fingerprint density at radius 1 is 0.722 bits per heavy atom. The molecule has 0 bridgehead atoms. The van der Waals surface area contributed by atoms with Crippen LogP contribution < -0.4 is 0 Å². The van der Waals surface area contributed by atoms with Gasteiger partial charge >= 0.3 is 0 Å². The van der Waals surface area contributed by atoms with Crippen LogP contribution in [0, 0.1) is 17.7 Å². The number of carbonyl (C=O) groups excluding carboxylic acids is 2. The summed E-state index contributed by atoms with van der Waals surface area (Å²) in [6.45, 7) is 5.01. The van der Waals surface area contributed by atoms with E-state index in [-0.39, 0.29) is 17.4 Å². The van der Waals surface area contributed by atoms with Gasteiger partial charge in [0, 0.05) is 38.1 Å². The van der Waals surface area contributed by atoms with Crippen LogP contribution in [0.1, 0.15) is 54.4 Å². The maximum absolute atomic E-state index is 14.0. The van der Waals surface area contributed by atoms with Crippen LogP contribution in [0.5, 0.6) is 0 Å². The second-order valence-corrected chi connectivity index (χ2v) is 10.8. The smallest absolute Gasteiger partial charge is 0.256 e. The van der Waals surface area contributed by atoms with Gasteiger partial charge in [0.2, 0.25) is 5.91 Å². The first-order valence-corrected chi connectivity index (χ1v) is 13.7. The van der Waals surface area contributed by atoms with Crippen LogP contribution >= 0.6 is 0 Å². The molecule has 0 spiro atoms. The number of halogens is 1. The Balaban J connectivity index is 1.04. The van der Waals surface area contributed by atoms with Gasteiger partial charge in [-0.3, -0.25) is 9.59 Å². The van der Waals surface area contributed by atoms with Gasteiger partial charge in [-0.1, -0.05) is 42.5 Å². The number of rotatable bonds is 5. The molecule has 0 radical (unpaired) electrons. The maximum atomic E-state index is 14.0. The number of nitrogens with zero attached hydrogens (tertiary/aromatic N) is 3. The zero-order valence-electron chi connectivity index (χ0n) is 21.2. The van der Waals surface area contributed by atoms with Gasteiger partial charge in [-0.25, -0.2) is 4.39 Å². The first-order chi connectivity index (χ1) is 17.6. The molecule has 0 aliphatic carbocycles. The van der Waals surface area contributed by atoms with E-state index in [9.17, 15) is 14.0 Å². The lowest BCUT2D eigenvalue weighted by atomic mass is 9.88. The van der Waals surface area contributed by atoms with Crippen molar-refractivity contribution in [2.45, 2.75) is 51.0 Å². The highest BCUT2D eigenvalue weighted by Crippen LogP contribution is 2.28. The van der Waals surface area contributed by atoms with Crippen LogP contribution in [0.15, 0.2) is 54.6 Å². The zero-order chi connectivity index (χ0) is 24.9. The molecule has 3 fully saturated rings. The summed E-state index contributed by atoms with van der Waals surface area (Å²) in [5.41, 5.74) is 1.57. The van der Waals surface area contributed by atoms with E-state index in [1.165, 1.54) is 11.6 Å². The van der Waals surface area contributed by atoms with Gasteiger partial charge in [0.15, 0.2) is 0 Å². The minimum absolute atomic E-state index is 0.148. The summed E-state index contributed by atoms with van der Waals surface area (Å²) in [5, 5.41) is 0. The number of hydrogen-bond donors (Lipinski definition) is 0. The average Bonchev–Trinajstić information content (AvgIpc) is 2.94. The Hall–Kier alpha value is -2.73. The molecule has 6 heteroatoms. The fourth-order valence-electron chi connectivity index (χ4n) is 6.31. The quantitative estimate of drug-likeness (QED) is 0.613. The van der Waals surface area contributed by atoms with Gasteiger partial charge < -0.3 is 14.7 Å². The van der Waals surface area contributed by atoms with Crippen LogP contribution in [0.3, 0.4) is 0 Å². The lowest BCUT2D eigenvalue weighted by Gasteiger charge is -2.42. The Labute approximate surface area is 214 Å². The summed E-state index contributed by atoms with van der Waals surface area (Å²) >= 11 is 0. The van der Waals surface area contributed by atoms with Crippen molar-refractivity contribution in [3.05, 3.63) is 71.5 Å².